The molecule has 0 atom stereocenters. The number of carbonyl (C=O) groups is 2. The highest BCUT2D eigenvalue weighted by Gasteiger charge is 2.04. The van der Waals surface area contributed by atoms with Gasteiger partial charge in [0.05, 0.1) is 0 Å². The predicted molar refractivity (Wildman–Crippen MR) is 82.3 cm³/mol. The van der Waals surface area contributed by atoms with Gasteiger partial charge in [-0.15, -0.1) is 0 Å². The van der Waals surface area contributed by atoms with E-state index < -0.39 is 0 Å². The number of hydrogen-bond donors (Lipinski definition) is 2. The van der Waals surface area contributed by atoms with E-state index in [2.05, 4.69) is 10.6 Å². The van der Waals surface area contributed by atoms with Crippen molar-refractivity contribution < 1.29 is 14.3 Å². The van der Waals surface area contributed by atoms with E-state index >= 15 is 0 Å². The number of nitrogens with one attached hydrogen (secondary N) is 2. The summed E-state index contributed by atoms with van der Waals surface area (Å²) in [6, 6.07) is 5.72. The lowest BCUT2D eigenvalue weighted by molar-refractivity contribution is -0.124. The Morgan fingerprint density at radius 1 is 1.05 bits per heavy atom. The van der Waals surface area contributed by atoms with E-state index in [-0.39, 0.29) is 18.4 Å². The Balaban J connectivity index is 2.19. The first kappa shape index (κ1) is 17.0. The second kappa shape index (κ2) is 9.00. The second-order valence-electron chi connectivity index (χ2n) is 4.98. The molecule has 0 bridgehead atoms. The highest BCUT2D eigenvalue weighted by molar-refractivity contribution is 5.78. The maximum atomic E-state index is 11.6. The topological polar surface area (TPSA) is 67.4 Å². The molecule has 0 aromatic heterocycles. The first-order valence-electron chi connectivity index (χ1n) is 7.26. The minimum absolute atomic E-state index is 0.0122. The van der Waals surface area contributed by atoms with E-state index in [9.17, 15) is 9.59 Å². The van der Waals surface area contributed by atoms with Crippen LogP contribution in [-0.2, 0) is 9.59 Å². The summed E-state index contributed by atoms with van der Waals surface area (Å²) >= 11 is 0. The summed E-state index contributed by atoms with van der Waals surface area (Å²) in [5, 5.41) is 5.43. The Morgan fingerprint density at radius 3 is 2.33 bits per heavy atom. The maximum Gasteiger partial charge on any atom is 0.258 e. The average Bonchev–Trinajstić information content (AvgIpc) is 2.45. The highest BCUT2D eigenvalue weighted by atomic mass is 16.5. The van der Waals surface area contributed by atoms with Crippen molar-refractivity contribution >= 4 is 11.8 Å². The standard InChI is InChI=1S/C16H24N2O3/c1-4-5-15(19)17-8-9-18-16(20)11-21-14-7-6-12(2)13(3)10-14/h6-7,10H,4-5,8-9,11H2,1-3H3,(H,17,19)(H,18,20). The lowest BCUT2D eigenvalue weighted by Crippen LogP contribution is -2.36. The third-order valence-corrected chi connectivity index (χ3v) is 3.09. The van der Waals surface area contributed by atoms with Crippen LogP contribution in [0.25, 0.3) is 0 Å². The Labute approximate surface area is 126 Å². The molecule has 1 rings (SSSR count). The quantitative estimate of drug-likeness (QED) is 0.717. The third kappa shape index (κ3) is 6.79. The minimum atomic E-state index is -0.196. The van der Waals surface area contributed by atoms with E-state index in [0.717, 1.165) is 12.0 Å². The molecule has 1 aromatic carbocycles. The number of hydrogen-bond acceptors (Lipinski definition) is 3. The van der Waals surface area contributed by atoms with Crippen molar-refractivity contribution in [2.75, 3.05) is 19.7 Å². The number of amides is 2. The fourth-order valence-electron chi connectivity index (χ4n) is 1.72. The number of benzene rings is 1. The number of carbonyl (C=O) groups excluding carboxylic acids is 2. The average molecular weight is 292 g/mol. The zero-order chi connectivity index (χ0) is 15.7. The summed E-state index contributed by atoms with van der Waals surface area (Å²) < 4.78 is 5.42. The van der Waals surface area contributed by atoms with Crippen molar-refractivity contribution in [1.82, 2.24) is 10.6 Å². The molecule has 2 N–H and O–H groups in total. The molecule has 0 spiro atoms. The van der Waals surface area contributed by atoms with Crippen molar-refractivity contribution in [2.45, 2.75) is 33.6 Å². The van der Waals surface area contributed by atoms with Crippen LogP contribution in [0.4, 0.5) is 0 Å². The molecular weight excluding hydrogens is 268 g/mol. The molecule has 5 nitrogen and oxygen atoms in total. The summed E-state index contributed by atoms with van der Waals surface area (Å²) in [5.41, 5.74) is 2.32. The molecule has 0 heterocycles. The van der Waals surface area contributed by atoms with E-state index in [1.165, 1.54) is 5.56 Å². The molecule has 0 radical (unpaired) electrons. The van der Waals surface area contributed by atoms with E-state index in [1.54, 1.807) is 0 Å². The van der Waals surface area contributed by atoms with E-state index in [0.29, 0.717) is 25.3 Å². The number of aryl methyl sites for hydroxylation is 2. The van der Waals surface area contributed by atoms with Crippen LogP contribution < -0.4 is 15.4 Å². The Morgan fingerprint density at radius 2 is 1.71 bits per heavy atom. The van der Waals surface area contributed by atoms with Gasteiger partial charge in [0.15, 0.2) is 6.61 Å². The van der Waals surface area contributed by atoms with Crippen molar-refractivity contribution in [3.05, 3.63) is 29.3 Å². The Bertz CT molecular complexity index is 486. The summed E-state index contributed by atoms with van der Waals surface area (Å²) in [6.07, 6.45) is 1.34. The highest BCUT2D eigenvalue weighted by Crippen LogP contribution is 2.16. The zero-order valence-corrected chi connectivity index (χ0v) is 13.0. The van der Waals surface area contributed by atoms with Gasteiger partial charge in [-0.3, -0.25) is 9.59 Å². The molecule has 116 valence electrons. The summed E-state index contributed by atoms with van der Waals surface area (Å²) in [4.78, 5) is 22.8. The van der Waals surface area contributed by atoms with Crippen LogP contribution in [0.15, 0.2) is 18.2 Å². The van der Waals surface area contributed by atoms with Gasteiger partial charge in [0.1, 0.15) is 5.75 Å². The van der Waals surface area contributed by atoms with Crippen LogP contribution in [0.2, 0.25) is 0 Å². The van der Waals surface area contributed by atoms with Crippen LogP contribution in [0.1, 0.15) is 30.9 Å². The van der Waals surface area contributed by atoms with Crippen LogP contribution in [0.3, 0.4) is 0 Å². The van der Waals surface area contributed by atoms with Gasteiger partial charge >= 0.3 is 0 Å². The molecule has 0 unspecified atom stereocenters. The SMILES string of the molecule is CCCC(=O)NCCNC(=O)COc1ccc(C)c(C)c1. The minimum Gasteiger partial charge on any atom is -0.484 e. The number of ether oxygens (including phenoxy) is 1. The summed E-state index contributed by atoms with van der Waals surface area (Å²) in [6.45, 7) is 6.80. The molecule has 0 saturated heterocycles. The Kier molecular flexibility index (Phi) is 7.29. The number of rotatable bonds is 8. The van der Waals surface area contributed by atoms with Crippen LogP contribution in [-0.4, -0.2) is 31.5 Å². The maximum absolute atomic E-state index is 11.6. The van der Waals surface area contributed by atoms with Gasteiger partial charge in [-0.1, -0.05) is 13.0 Å². The van der Waals surface area contributed by atoms with Crippen molar-refractivity contribution in [3.63, 3.8) is 0 Å². The van der Waals surface area contributed by atoms with Gasteiger partial charge in [0, 0.05) is 19.5 Å². The van der Waals surface area contributed by atoms with Gasteiger partial charge in [0.25, 0.3) is 5.91 Å². The van der Waals surface area contributed by atoms with Gasteiger partial charge in [0.2, 0.25) is 5.91 Å². The molecule has 21 heavy (non-hydrogen) atoms. The normalized spacial score (nSPS) is 10.0. The van der Waals surface area contributed by atoms with Crippen LogP contribution in [0.5, 0.6) is 5.75 Å². The molecule has 0 aliphatic carbocycles. The van der Waals surface area contributed by atoms with E-state index in [1.807, 2.05) is 39.0 Å². The van der Waals surface area contributed by atoms with Gasteiger partial charge in [-0.2, -0.15) is 0 Å². The first-order chi connectivity index (χ1) is 10.0. The van der Waals surface area contributed by atoms with Gasteiger partial charge in [-0.25, -0.2) is 0 Å². The molecule has 0 saturated carbocycles. The molecule has 2 amide bonds. The summed E-state index contributed by atoms with van der Waals surface area (Å²) in [5.74, 6) is 0.501. The third-order valence-electron chi connectivity index (χ3n) is 3.09. The first-order valence-corrected chi connectivity index (χ1v) is 7.26. The van der Waals surface area contributed by atoms with E-state index in [4.69, 9.17) is 4.74 Å². The molecular formula is C16H24N2O3. The second-order valence-corrected chi connectivity index (χ2v) is 4.98. The Hall–Kier alpha value is -2.04. The molecule has 5 heteroatoms. The molecule has 0 aliphatic heterocycles. The lowest BCUT2D eigenvalue weighted by atomic mass is 10.1. The van der Waals surface area contributed by atoms with Gasteiger partial charge < -0.3 is 15.4 Å². The zero-order valence-electron chi connectivity index (χ0n) is 13.0. The van der Waals surface area contributed by atoms with Crippen molar-refractivity contribution in [1.29, 1.82) is 0 Å². The lowest BCUT2D eigenvalue weighted by Gasteiger charge is -2.09. The van der Waals surface area contributed by atoms with Gasteiger partial charge in [-0.05, 0) is 43.5 Å². The molecule has 0 aliphatic rings. The molecule has 0 fully saturated rings. The van der Waals surface area contributed by atoms with Crippen LogP contribution in [0, 0.1) is 13.8 Å². The van der Waals surface area contributed by atoms with Crippen LogP contribution >= 0.6 is 0 Å². The largest absolute Gasteiger partial charge is 0.484 e. The fourth-order valence-corrected chi connectivity index (χ4v) is 1.72. The summed E-state index contributed by atoms with van der Waals surface area (Å²) in [7, 11) is 0. The predicted octanol–water partition coefficient (Wildman–Crippen LogP) is 1.71. The van der Waals surface area contributed by atoms with Crippen molar-refractivity contribution in [2.24, 2.45) is 0 Å². The fraction of sp³-hybridized carbons (Fsp3) is 0.500. The smallest absolute Gasteiger partial charge is 0.258 e. The molecule has 1 aromatic rings. The monoisotopic (exact) mass is 292 g/mol. The van der Waals surface area contributed by atoms with Crippen molar-refractivity contribution in [3.8, 4) is 5.75 Å².